The molecular weight excluding hydrogens is 1010 g/mol. The molecule has 0 atom stereocenters. The van der Waals surface area contributed by atoms with Crippen molar-refractivity contribution in [1.29, 1.82) is 0 Å². The second-order valence-electron chi connectivity index (χ2n) is 18.5. The molecule has 68 heavy (non-hydrogen) atoms. The predicted octanol–water partition coefficient (Wildman–Crippen LogP) is 16.1. The van der Waals surface area contributed by atoms with Crippen LogP contribution in [0.15, 0.2) is 146 Å². The summed E-state index contributed by atoms with van der Waals surface area (Å²) >= 11 is 0. The van der Waals surface area contributed by atoms with Crippen molar-refractivity contribution in [3.05, 3.63) is 203 Å². The Labute approximate surface area is 411 Å². The third kappa shape index (κ3) is 6.70. The average Bonchev–Trinajstić information content (AvgIpc) is 4.01. The van der Waals surface area contributed by atoms with Gasteiger partial charge in [-0.3, -0.25) is 9.97 Å². The molecule has 5 nitrogen and oxygen atoms in total. The van der Waals surface area contributed by atoms with Crippen LogP contribution in [0, 0.1) is 67.5 Å². The van der Waals surface area contributed by atoms with E-state index in [9.17, 15) is 0 Å². The Morgan fingerprint density at radius 3 is 1.01 bits per heavy atom. The molecule has 0 aliphatic carbocycles. The number of aromatic nitrogens is 4. The van der Waals surface area contributed by atoms with E-state index < -0.39 is 0 Å². The molecule has 0 aliphatic rings. The fourth-order valence-electron chi connectivity index (χ4n) is 11.1. The number of fused-ring (bicyclic) bond motifs is 12. The predicted molar refractivity (Wildman–Crippen MR) is 278 cm³/mol. The Morgan fingerprint density at radius 2 is 0.691 bits per heavy atom. The summed E-state index contributed by atoms with van der Waals surface area (Å²) in [5, 5.41) is 6.17. The largest absolute Gasteiger partial charge is 2.00 e. The number of pyridine rings is 2. The zero-order valence-electron chi connectivity index (χ0n) is 39.4. The monoisotopic (exact) mass is 1060 g/mol. The molecule has 0 amide bonds. The Morgan fingerprint density at radius 1 is 0.382 bits per heavy atom. The van der Waals surface area contributed by atoms with E-state index in [2.05, 4.69) is 198 Å². The van der Waals surface area contributed by atoms with Crippen LogP contribution >= 0.6 is 0 Å². The Bertz CT molecular complexity index is 3720. The minimum atomic E-state index is 0. The van der Waals surface area contributed by atoms with Crippen molar-refractivity contribution in [1.82, 2.24) is 18.8 Å². The van der Waals surface area contributed by atoms with Gasteiger partial charge >= 0.3 is 21.1 Å². The molecule has 0 saturated carbocycles. The number of aryl methyl sites for hydroxylation is 8. The van der Waals surface area contributed by atoms with Crippen molar-refractivity contribution < 1.29 is 25.8 Å². The van der Waals surface area contributed by atoms with E-state index in [0.717, 1.165) is 54.6 Å². The molecule has 4 heterocycles. The van der Waals surface area contributed by atoms with E-state index in [1.54, 1.807) is 0 Å². The molecule has 0 bridgehead atoms. The third-order valence-corrected chi connectivity index (χ3v) is 14.2. The molecule has 6 heteroatoms. The van der Waals surface area contributed by atoms with Gasteiger partial charge in [-0.05, 0) is 167 Å². The molecule has 0 unspecified atom stereocenters. The molecule has 0 N–H and O–H groups in total. The van der Waals surface area contributed by atoms with E-state index in [1.807, 2.05) is 24.5 Å². The van der Waals surface area contributed by atoms with Crippen molar-refractivity contribution in [2.24, 2.45) is 0 Å². The summed E-state index contributed by atoms with van der Waals surface area (Å²) in [6.07, 6.45) is 7.86. The zero-order chi connectivity index (χ0) is 45.8. The van der Waals surface area contributed by atoms with Crippen molar-refractivity contribution in [2.45, 2.75) is 55.4 Å². The molecule has 12 rings (SSSR count). The van der Waals surface area contributed by atoms with Crippen LogP contribution in [0.5, 0.6) is 11.5 Å². The fourth-order valence-corrected chi connectivity index (χ4v) is 11.1. The maximum atomic E-state index is 6.74. The number of rotatable bonds is 6. The smallest absolute Gasteiger partial charge is 0.497 e. The minimum Gasteiger partial charge on any atom is -0.497 e. The van der Waals surface area contributed by atoms with Gasteiger partial charge in [-0.2, -0.15) is 0 Å². The van der Waals surface area contributed by atoms with Crippen LogP contribution in [0.2, 0.25) is 0 Å². The Hall–Kier alpha value is -7.33. The number of nitrogens with zero attached hydrogens (tertiary/aromatic N) is 4. The first-order chi connectivity index (χ1) is 32.5. The average molecular weight is 1060 g/mol. The van der Waals surface area contributed by atoms with Gasteiger partial charge in [0.1, 0.15) is 0 Å². The summed E-state index contributed by atoms with van der Waals surface area (Å²) < 4.78 is 11.1. The van der Waals surface area contributed by atoms with Gasteiger partial charge < -0.3 is 13.5 Å². The van der Waals surface area contributed by atoms with Gasteiger partial charge in [-0.1, -0.05) is 131 Å². The quantitative estimate of drug-likeness (QED) is 0.123. The van der Waals surface area contributed by atoms with Crippen LogP contribution in [0.4, 0.5) is 0 Å². The first-order valence-electron chi connectivity index (χ1n) is 23.1. The Balaban J connectivity index is 0.00000507. The fraction of sp³-hybridized carbons (Fsp3) is 0.129. The summed E-state index contributed by atoms with van der Waals surface area (Å²) in [4.78, 5) is 9.84. The SMILES string of the molecule is Cc1cccc(C)c1-c1cc2c3ccc(Oc4[c-]c5c(cc4)c4cc(-c6c(C)cccc6C)c(-c6c(C)cccc6C)cc4n4ccnc54)[c-]c3c3nccn3c2cc1-c1c(C)cccc1C.[Pt+2]. The van der Waals surface area contributed by atoms with Gasteiger partial charge in [0.2, 0.25) is 0 Å². The van der Waals surface area contributed by atoms with Crippen LogP contribution < -0.4 is 4.74 Å². The summed E-state index contributed by atoms with van der Waals surface area (Å²) in [5.41, 5.74) is 23.8. The van der Waals surface area contributed by atoms with Gasteiger partial charge in [0.25, 0.3) is 0 Å². The number of hydrogen-bond acceptors (Lipinski definition) is 3. The molecule has 0 aliphatic heterocycles. The number of hydrogen-bond donors (Lipinski definition) is 0. The van der Waals surface area contributed by atoms with Crippen LogP contribution in [0.1, 0.15) is 44.5 Å². The van der Waals surface area contributed by atoms with E-state index in [0.29, 0.717) is 11.5 Å². The maximum absolute atomic E-state index is 6.74. The molecule has 0 fully saturated rings. The first-order valence-corrected chi connectivity index (χ1v) is 23.1. The van der Waals surface area contributed by atoms with Gasteiger partial charge in [-0.25, -0.2) is 0 Å². The molecule has 0 saturated heterocycles. The van der Waals surface area contributed by atoms with E-state index >= 15 is 0 Å². The van der Waals surface area contributed by atoms with Crippen molar-refractivity contribution in [3.8, 4) is 56.0 Å². The van der Waals surface area contributed by atoms with E-state index in [1.165, 1.54) is 89.0 Å². The minimum absolute atomic E-state index is 0. The second-order valence-corrected chi connectivity index (χ2v) is 18.5. The van der Waals surface area contributed by atoms with Gasteiger partial charge in [0.05, 0.1) is 11.3 Å². The first kappa shape index (κ1) is 43.3. The summed E-state index contributed by atoms with van der Waals surface area (Å²) in [6.45, 7) is 17.7. The number of benzene rings is 8. The van der Waals surface area contributed by atoms with Crippen molar-refractivity contribution in [2.75, 3.05) is 0 Å². The van der Waals surface area contributed by atoms with Crippen LogP contribution in [-0.4, -0.2) is 18.8 Å². The molecule has 0 radical (unpaired) electrons. The van der Waals surface area contributed by atoms with Gasteiger partial charge in [0, 0.05) is 47.3 Å². The normalized spacial score (nSPS) is 11.7. The van der Waals surface area contributed by atoms with Crippen LogP contribution in [0.3, 0.4) is 0 Å². The second kappa shape index (κ2) is 16.5. The Kier molecular flexibility index (Phi) is 10.5. The van der Waals surface area contributed by atoms with Gasteiger partial charge in [-0.15, -0.1) is 12.1 Å². The molecule has 8 aromatic carbocycles. The topological polar surface area (TPSA) is 43.8 Å². The molecule has 332 valence electrons. The maximum Gasteiger partial charge on any atom is 2.00 e. The standard InChI is InChI=1S/C62H48N4O.Pt/c1-35-13-9-14-36(2)57(35)49-31-47-45-23-21-43(29-53(45)61-63-25-27-65(61)55(47)33-51(49)59-39(5)17-11-18-40(59)6)67-44-22-24-46-48-32-50(58-37(3)15-10-16-38(58)4)52(60-41(7)19-12-20-42(60)8)34-56(48)66-28-26-64-62(66)54(46)30-44;/h9-28,31-34H,1-8H3;/q-2;+2. The van der Waals surface area contributed by atoms with E-state index in [-0.39, 0.29) is 21.1 Å². The molecule has 4 aromatic heterocycles. The van der Waals surface area contributed by atoms with E-state index in [4.69, 9.17) is 14.7 Å². The summed E-state index contributed by atoms with van der Waals surface area (Å²) in [7, 11) is 0. The number of imidazole rings is 2. The molecule has 0 spiro atoms. The van der Waals surface area contributed by atoms with Crippen LogP contribution in [-0.2, 0) is 21.1 Å². The molecular formula is C62H48N4OPt. The van der Waals surface area contributed by atoms with Crippen LogP contribution in [0.25, 0.3) is 99.2 Å². The summed E-state index contributed by atoms with van der Waals surface area (Å²) in [6, 6.07) is 51.5. The third-order valence-electron chi connectivity index (χ3n) is 14.2. The zero-order valence-corrected chi connectivity index (χ0v) is 41.6. The summed E-state index contributed by atoms with van der Waals surface area (Å²) in [5.74, 6) is 1.18. The van der Waals surface area contributed by atoms with Crippen molar-refractivity contribution in [3.63, 3.8) is 0 Å². The number of ether oxygens (including phenoxy) is 1. The van der Waals surface area contributed by atoms with Crippen molar-refractivity contribution >= 4 is 54.6 Å². The molecule has 12 aromatic rings. The van der Waals surface area contributed by atoms with Gasteiger partial charge in [0.15, 0.2) is 0 Å².